The van der Waals surface area contributed by atoms with Crippen molar-refractivity contribution in [3.63, 3.8) is 0 Å². The van der Waals surface area contributed by atoms with Gasteiger partial charge in [-0.15, -0.1) is 0 Å². The van der Waals surface area contributed by atoms with Crippen molar-refractivity contribution in [2.45, 2.75) is 56.9 Å². The Morgan fingerprint density at radius 2 is 1.94 bits per heavy atom. The highest BCUT2D eigenvalue weighted by Gasteiger charge is 2.27. The summed E-state index contributed by atoms with van der Waals surface area (Å²) in [6, 6.07) is 10.6. The lowest BCUT2D eigenvalue weighted by Gasteiger charge is -2.22. The van der Waals surface area contributed by atoms with Gasteiger partial charge in [0.15, 0.2) is 0 Å². The van der Waals surface area contributed by atoms with E-state index in [2.05, 4.69) is 32.0 Å². The fourth-order valence-electron chi connectivity index (χ4n) is 4.54. The number of benzene rings is 1. The number of pyridine rings is 1. The Labute approximate surface area is 206 Å². The minimum atomic E-state index is -0.665. The maximum Gasteiger partial charge on any atom is 0.252 e. The van der Waals surface area contributed by atoms with E-state index in [1.807, 2.05) is 24.4 Å². The van der Waals surface area contributed by atoms with Crippen molar-refractivity contribution in [3.8, 4) is 0 Å². The molecular formula is C27H34N6O2. The van der Waals surface area contributed by atoms with Crippen molar-refractivity contribution in [3.05, 3.63) is 65.7 Å². The number of aromatic nitrogens is 1. The first-order valence-electron chi connectivity index (χ1n) is 12.3. The lowest BCUT2D eigenvalue weighted by molar-refractivity contribution is -0.122. The zero-order chi connectivity index (χ0) is 24.6. The Kier molecular flexibility index (Phi) is 8.13. The minimum absolute atomic E-state index is 0.294. The van der Waals surface area contributed by atoms with E-state index >= 15 is 0 Å². The molecule has 0 bridgehead atoms. The number of carbonyl (C=O) groups excluding carboxylic acids is 2. The average Bonchev–Trinajstić information content (AvgIpc) is 3.59. The molecule has 5 N–H and O–H groups in total. The van der Waals surface area contributed by atoms with Crippen LogP contribution >= 0.6 is 0 Å². The number of nitrogens with two attached hydrogens (primary N) is 1. The number of aliphatic imine (C=N–C) groups is 1. The second-order valence-electron chi connectivity index (χ2n) is 9.36. The second kappa shape index (κ2) is 11.6. The van der Waals surface area contributed by atoms with Crippen LogP contribution in [0, 0.1) is 5.92 Å². The van der Waals surface area contributed by atoms with Gasteiger partial charge in [-0.05, 0) is 55.5 Å². The summed E-state index contributed by atoms with van der Waals surface area (Å²) in [7, 11) is 1.60. The normalized spacial score (nSPS) is 17.3. The van der Waals surface area contributed by atoms with Crippen molar-refractivity contribution in [1.29, 1.82) is 0 Å². The summed E-state index contributed by atoms with van der Waals surface area (Å²) in [5.41, 5.74) is 9.26. The fraction of sp³-hybridized carbons (Fsp3) is 0.407. The number of carbonyl (C=O) groups is 2. The molecule has 0 aliphatic heterocycles. The van der Waals surface area contributed by atoms with E-state index in [0.29, 0.717) is 29.5 Å². The molecule has 2 aromatic rings. The van der Waals surface area contributed by atoms with Crippen LogP contribution in [0.2, 0.25) is 0 Å². The third-order valence-electron chi connectivity index (χ3n) is 6.58. The van der Waals surface area contributed by atoms with E-state index in [1.165, 1.54) is 25.3 Å². The van der Waals surface area contributed by atoms with Crippen molar-refractivity contribution in [2.75, 3.05) is 12.4 Å². The van der Waals surface area contributed by atoms with Gasteiger partial charge in [0.05, 0.1) is 17.6 Å². The maximum atomic E-state index is 13.1. The molecule has 1 unspecified atom stereocenters. The Bertz CT molecular complexity index is 1090. The molecule has 4 rings (SSSR count). The standard InChI is InChI=1S/C27H34N6O2/c1-29-16-23(15-28)32-27(35)25(13-18-5-2-3-6-18)33-26(34)20-7-4-8-21(14-20)31-22-11-12-24(30-17-22)19-9-10-19/h4,7-8,11-12,14-19,25,31H,2-3,5-6,9-10,13,28H2,1H3,(H,32,35)(H,33,34)/b23-15+,29-16?. The van der Waals surface area contributed by atoms with Crippen LogP contribution in [-0.2, 0) is 4.79 Å². The summed E-state index contributed by atoms with van der Waals surface area (Å²) in [5.74, 6) is 0.431. The first kappa shape index (κ1) is 24.4. The van der Waals surface area contributed by atoms with Crippen LogP contribution in [0.15, 0.2) is 59.5 Å². The summed E-state index contributed by atoms with van der Waals surface area (Å²) in [6.07, 6.45) is 12.1. The number of hydrogen-bond acceptors (Lipinski definition) is 6. The molecule has 35 heavy (non-hydrogen) atoms. The van der Waals surface area contributed by atoms with Gasteiger partial charge in [0, 0.05) is 42.3 Å². The monoisotopic (exact) mass is 474 g/mol. The molecule has 2 amide bonds. The summed E-state index contributed by atoms with van der Waals surface area (Å²) in [5, 5.41) is 9.03. The van der Waals surface area contributed by atoms with Crippen LogP contribution in [-0.4, -0.2) is 36.1 Å². The molecule has 1 aromatic heterocycles. The highest BCUT2D eigenvalue weighted by Crippen LogP contribution is 2.39. The molecule has 2 fully saturated rings. The molecule has 8 heteroatoms. The van der Waals surface area contributed by atoms with Crippen molar-refractivity contribution in [1.82, 2.24) is 15.6 Å². The first-order chi connectivity index (χ1) is 17.1. The van der Waals surface area contributed by atoms with Gasteiger partial charge in [-0.1, -0.05) is 31.7 Å². The lowest BCUT2D eigenvalue weighted by atomic mass is 9.97. The Morgan fingerprint density at radius 3 is 2.60 bits per heavy atom. The maximum absolute atomic E-state index is 13.1. The molecule has 0 spiro atoms. The zero-order valence-corrected chi connectivity index (χ0v) is 20.2. The van der Waals surface area contributed by atoms with Crippen LogP contribution in [0.4, 0.5) is 11.4 Å². The molecule has 1 heterocycles. The number of amides is 2. The van der Waals surface area contributed by atoms with E-state index in [1.54, 1.807) is 19.2 Å². The SMILES string of the molecule is CN=C/C(=C\N)NC(=O)C(CC1CCCC1)NC(=O)c1cccc(Nc2ccc(C3CC3)nc2)c1. The molecule has 0 radical (unpaired) electrons. The van der Waals surface area contributed by atoms with Crippen LogP contribution < -0.4 is 21.7 Å². The van der Waals surface area contributed by atoms with E-state index in [-0.39, 0.29) is 11.8 Å². The van der Waals surface area contributed by atoms with Gasteiger partial charge in [-0.2, -0.15) is 0 Å². The van der Waals surface area contributed by atoms with E-state index in [0.717, 1.165) is 42.8 Å². The summed E-state index contributed by atoms with van der Waals surface area (Å²) >= 11 is 0. The first-order valence-corrected chi connectivity index (χ1v) is 12.3. The Morgan fingerprint density at radius 1 is 1.14 bits per heavy atom. The third-order valence-corrected chi connectivity index (χ3v) is 6.58. The molecule has 8 nitrogen and oxygen atoms in total. The van der Waals surface area contributed by atoms with Crippen LogP contribution in [0.25, 0.3) is 0 Å². The van der Waals surface area contributed by atoms with Crippen molar-refractivity contribution >= 4 is 29.4 Å². The number of nitrogens with zero attached hydrogens (tertiary/aromatic N) is 2. The van der Waals surface area contributed by atoms with Gasteiger partial charge in [0.1, 0.15) is 6.04 Å². The second-order valence-corrected chi connectivity index (χ2v) is 9.36. The Hall–Kier alpha value is -3.68. The summed E-state index contributed by atoms with van der Waals surface area (Å²) in [6.45, 7) is 0. The molecule has 1 aromatic carbocycles. The predicted octanol–water partition coefficient (Wildman–Crippen LogP) is 4.00. The van der Waals surface area contributed by atoms with Gasteiger partial charge in [-0.3, -0.25) is 19.6 Å². The van der Waals surface area contributed by atoms with E-state index < -0.39 is 6.04 Å². The van der Waals surface area contributed by atoms with E-state index in [4.69, 9.17) is 5.73 Å². The highest BCUT2D eigenvalue weighted by molar-refractivity contribution is 5.99. The van der Waals surface area contributed by atoms with Gasteiger partial charge in [0.2, 0.25) is 5.91 Å². The fourth-order valence-corrected chi connectivity index (χ4v) is 4.54. The molecule has 0 saturated heterocycles. The largest absolute Gasteiger partial charge is 0.403 e. The van der Waals surface area contributed by atoms with Gasteiger partial charge in [-0.25, -0.2) is 0 Å². The molecule has 2 aliphatic rings. The zero-order valence-electron chi connectivity index (χ0n) is 20.2. The van der Waals surface area contributed by atoms with Crippen molar-refractivity contribution in [2.24, 2.45) is 16.6 Å². The number of rotatable bonds is 10. The van der Waals surface area contributed by atoms with Crippen molar-refractivity contribution < 1.29 is 9.59 Å². The molecule has 184 valence electrons. The van der Waals surface area contributed by atoms with Gasteiger partial charge in [0.25, 0.3) is 5.91 Å². The highest BCUT2D eigenvalue weighted by atomic mass is 16.2. The van der Waals surface area contributed by atoms with Crippen LogP contribution in [0.1, 0.15) is 66.9 Å². The van der Waals surface area contributed by atoms with E-state index in [9.17, 15) is 9.59 Å². The Balaban J connectivity index is 1.43. The number of anilines is 2. The topological polar surface area (TPSA) is 121 Å². The van der Waals surface area contributed by atoms with Crippen LogP contribution in [0.5, 0.6) is 0 Å². The molecular weight excluding hydrogens is 440 g/mol. The summed E-state index contributed by atoms with van der Waals surface area (Å²) in [4.78, 5) is 34.6. The number of allylic oxidation sites excluding steroid dienone is 1. The van der Waals surface area contributed by atoms with Gasteiger partial charge >= 0.3 is 0 Å². The summed E-state index contributed by atoms with van der Waals surface area (Å²) < 4.78 is 0. The molecule has 2 saturated carbocycles. The van der Waals surface area contributed by atoms with Gasteiger partial charge < -0.3 is 21.7 Å². The number of nitrogens with one attached hydrogen (secondary N) is 3. The number of hydrogen-bond donors (Lipinski definition) is 4. The average molecular weight is 475 g/mol. The smallest absolute Gasteiger partial charge is 0.252 e. The van der Waals surface area contributed by atoms with Crippen LogP contribution in [0.3, 0.4) is 0 Å². The lowest BCUT2D eigenvalue weighted by Crippen LogP contribution is -2.47. The molecule has 2 aliphatic carbocycles. The third kappa shape index (κ3) is 6.91. The minimum Gasteiger partial charge on any atom is -0.403 e. The molecule has 1 atom stereocenters. The quantitative estimate of drug-likeness (QED) is 0.388. The predicted molar refractivity (Wildman–Crippen MR) is 139 cm³/mol.